The van der Waals surface area contributed by atoms with Gasteiger partial charge in [-0.1, -0.05) is 6.07 Å². The van der Waals surface area contributed by atoms with E-state index in [1.807, 2.05) is 0 Å². The average Bonchev–Trinajstić information content (AvgIpc) is 2.50. The van der Waals surface area contributed by atoms with Gasteiger partial charge in [-0.3, -0.25) is 0 Å². The number of aliphatic hydroxyl groups excluding tert-OH is 1. The van der Waals surface area contributed by atoms with Crippen LogP contribution in [-0.4, -0.2) is 47.0 Å². The molecule has 1 aromatic carbocycles. The van der Waals surface area contributed by atoms with Crippen molar-refractivity contribution in [2.24, 2.45) is 5.92 Å². The molecule has 1 aromatic rings. The summed E-state index contributed by atoms with van der Waals surface area (Å²) in [7, 11) is 2.23. The summed E-state index contributed by atoms with van der Waals surface area (Å²) in [5.41, 5.74) is 2.48. The summed E-state index contributed by atoms with van der Waals surface area (Å²) >= 11 is 0. The summed E-state index contributed by atoms with van der Waals surface area (Å²) in [6.45, 7) is 1.09. The summed E-state index contributed by atoms with van der Waals surface area (Å²) in [6.07, 6.45) is 5.18. The van der Waals surface area contributed by atoms with Gasteiger partial charge in [0.05, 0.1) is 6.10 Å². The quantitative estimate of drug-likeness (QED) is 0.771. The summed E-state index contributed by atoms with van der Waals surface area (Å²) in [4.78, 5) is 2.50. The first-order valence-corrected chi connectivity index (χ1v) is 8.52. The van der Waals surface area contributed by atoms with E-state index in [-0.39, 0.29) is 11.9 Å². The first kappa shape index (κ1) is 14.3. The summed E-state index contributed by atoms with van der Waals surface area (Å²) in [5, 5.41) is 20.6. The molecule has 0 radical (unpaired) electrons. The van der Waals surface area contributed by atoms with Gasteiger partial charge in [0, 0.05) is 11.6 Å². The highest BCUT2D eigenvalue weighted by atomic mass is 16.5. The number of aliphatic hydroxyl groups is 1. The predicted octanol–water partition coefficient (Wildman–Crippen LogP) is 2.10. The van der Waals surface area contributed by atoms with Gasteiger partial charge < -0.3 is 19.8 Å². The van der Waals surface area contributed by atoms with Gasteiger partial charge in [-0.15, -0.1) is 0 Å². The maximum absolute atomic E-state index is 10.3. The lowest BCUT2D eigenvalue weighted by molar-refractivity contribution is -0.0248. The minimum Gasteiger partial charge on any atom is -0.504 e. The molecule has 0 saturated heterocycles. The van der Waals surface area contributed by atoms with Crippen LogP contribution >= 0.6 is 0 Å². The number of hydrogen-bond donors (Lipinski definition) is 2. The molecule has 1 aliphatic carbocycles. The molecule has 120 valence electrons. The number of nitrogens with zero attached hydrogens (tertiary/aromatic N) is 1. The lowest BCUT2D eigenvalue weighted by Crippen LogP contribution is -2.47. The Labute approximate surface area is 131 Å². The van der Waals surface area contributed by atoms with Crippen molar-refractivity contribution in [3.05, 3.63) is 23.3 Å². The molecule has 4 atom stereocenters. The van der Waals surface area contributed by atoms with Gasteiger partial charge in [0.2, 0.25) is 0 Å². The van der Waals surface area contributed by atoms with E-state index in [2.05, 4.69) is 18.0 Å². The monoisotopic (exact) mass is 303 g/mol. The molecule has 22 heavy (non-hydrogen) atoms. The number of rotatable bonds is 0. The van der Waals surface area contributed by atoms with Gasteiger partial charge in [0.15, 0.2) is 11.5 Å². The van der Waals surface area contributed by atoms with Crippen LogP contribution in [0, 0.1) is 5.92 Å². The normalized spacial score (nSPS) is 34.8. The largest absolute Gasteiger partial charge is 0.504 e. The molecule has 1 saturated carbocycles. The molecule has 0 spiro atoms. The van der Waals surface area contributed by atoms with Gasteiger partial charge in [0.1, 0.15) is 6.10 Å². The van der Waals surface area contributed by atoms with Crippen LogP contribution in [0.25, 0.3) is 0 Å². The molecule has 2 N–H and O–H groups in total. The molecule has 1 unspecified atom stereocenters. The fourth-order valence-corrected chi connectivity index (χ4v) is 4.60. The molecular weight excluding hydrogens is 278 g/mol. The van der Waals surface area contributed by atoms with Crippen molar-refractivity contribution in [2.45, 2.75) is 56.8 Å². The number of hydrogen-bond acceptors (Lipinski definition) is 4. The van der Waals surface area contributed by atoms with E-state index in [0.29, 0.717) is 17.7 Å². The number of phenols is 1. The van der Waals surface area contributed by atoms with E-state index in [1.165, 1.54) is 5.56 Å². The molecule has 0 amide bonds. The molecule has 1 fully saturated rings. The number of likely N-dealkylation sites (N-methyl/N-ethyl adjacent to an activating group) is 1. The smallest absolute Gasteiger partial charge is 0.164 e. The molecule has 3 aliphatic rings. The van der Waals surface area contributed by atoms with Gasteiger partial charge in [-0.25, -0.2) is 0 Å². The van der Waals surface area contributed by atoms with Crippen LogP contribution in [0.3, 0.4) is 0 Å². The molecular formula is C18H25NO3. The first-order chi connectivity index (χ1) is 10.6. The van der Waals surface area contributed by atoms with Gasteiger partial charge >= 0.3 is 0 Å². The van der Waals surface area contributed by atoms with Crippen LogP contribution in [0.1, 0.15) is 36.8 Å². The Kier molecular flexibility index (Phi) is 3.54. The summed E-state index contributed by atoms with van der Waals surface area (Å²) in [6, 6.07) is 4.33. The Balaban J connectivity index is 1.85. The zero-order valence-electron chi connectivity index (χ0n) is 13.2. The maximum Gasteiger partial charge on any atom is 0.164 e. The molecule has 6 bridgehead atoms. The minimum absolute atomic E-state index is 0.189. The minimum atomic E-state index is -0.419. The van der Waals surface area contributed by atoms with E-state index in [4.69, 9.17) is 4.74 Å². The van der Waals surface area contributed by atoms with E-state index < -0.39 is 6.10 Å². The van der Waals surface area contributed by atoms with Crippen molar-refractivity contribution >= 4 is 0 Å². The third kappa shape index (κ3) is 2.29. The van der Waals surface area contributed by atoms with Crippen molar-refractivity contribution in [1.82, 2.24) is 4.90 Å². The van der Waals surface area contributed by atoms with Crippen molar-refractivity contribution < 1.29 is 14.9 Å². The second-order valence-corrected chi connectivity index (χ2v) is 7.20. The molecule has 4 nitrogen and oxygen atoms in total. The topological polar surface area (TPSA) is 52.9 Å². The molecule has 2 aliphatic heterocycles. The van der Waals surface area contributed by atoms with Crippen LogP contribution in [0.4, 0.5) is 0 Å². The molecule has 4 heteroatoms. The number of fused-ring (bicyclic) bond motifs is 4. The SMILES string of the molecule is CN1CCCc2c3ccc(O)c2OC2C[C@@H](CC[C@@H]2O)[C@H]1C3. The van der Waals surface area contributed by atoms with Crippen LogP contribution in [-0.2, 0) is 12.8 Å². The number of phenolic OH excluding ortho intramolecular Hbond substituents is 1. The second-order valence-electron chi connectivity index (χ2n) is 7.20. The zero-order valence-corrected chi connectivity index (χ0v) is 13.2. The van der Waals surface area contributed by atoms with Gasteiger partial charge in [0.25, 0.3) is 0 Å². The highest BCUT2D eigenvalue weighted by Gasteiger charge is 2.39. The summed E-state index contributed by atoms with van der Waals surface area (Å²) in [5.74, 6) is 1.41. The van der Waals surface area contributed by atoms with E-state index in [0.717, 1.165) is 50.6 Å². The van der Waals surface area contributed by atoms with Crippen LogP contribution in [0.2, 0.25) is 0 Å². The molecule has 2 heterocycles. The van der Waals surface area contributed by atoms with Gasteiger partial charge in [-0.05, 0) is 69.7 Å². The Hall–Kier alpha value is -1.26. The van der Waals surface area contributed by atoms with Crippen LogP contribution < -0.4 is 4.74 Å². The third-order valence-corrected chi connectivity index (χ3v) is 5.88. The fourth-order valence-electron chi connectivity index (χ4n) is 4.60. The van der Waals surface area contributed by atoms with E-state index in [1.54, 1.807) is 6.07 Å². The zero-order chi connectivity index (χ0) is 15.3. The van der Waals surface area contributed by atoms with Crippen molar-refractivity contribution in [1.29, 1.82) is 0 Å². The molecule has 4 rings (SSSR count). The first-order valence-electron chi connectivity index (χ1n) is 8.52. The van der Waals surface area contributed by atoms with E-state index in [9.17, 15) is 10.2 Å². The van der Waals surface area contributed by atoms with Crippen molar-refractivity contribution in [2.75, 3.05) is 13.6 Å². The Morgan fingerprint density at radius 1 is 1.27 bits per heavy atom. The Morgan fingerprint density at radius 3 is 3.00 bits per heavy atom. The number of ether oxygens (including phenoxy) is 1. The predicted molar refractivity (Wildman–Crippen MR) is 84.3 cm³/mol. The average molecular weight is 303 g/mol. The third-order valence-electron chi connectivity index (χ3n) is 5.88. The highest BCUT2D eigenvalue weighted by Crippen LogP contribution is 2.42. The Bertz CT molecular complexity index is 574. The van der Waals surface area contributed by atoms with Crippen LogP contribution in [0.5, 0.6) is 11.5 Å². The Morgan fingerprint density at radius 2 is 2.14 bits per heavy atom. The van der Waals surface area contributed by atoms with Crippen LogP contribution in [0.15, 0.2) is 12.1 Å². The number of benzene rings is 1. The second kappa shape index (κ2) is 5.43. The lowest BCUT2D eigenvalue weighted by atomic mass is 9.78. The standard InChI is InChI=1S/C18H25NO3/c1-19-8-2-3-13-11-4-7-16(21)18(13)22-17-10-12(14(19)9-11)5-6-15(17)20/h4,7,12,14-15,17,20-21H,2-3,5-6,8-10H2,1H3/t12-,14-,15+,17?/m1/s1. The van der Waals surface area contributed by atoms with Crippen molar-refractivity contribution in [3.63, 3.8) is 0 Å². The van der Waals surface area contributed by atoms with Crippen molar-refractivity contribution in [3.8, 4) is 11.5 Å². The molecule has 0 aromatic heterocycles. The summed E-state index contributed by atoms with van der Waals surface area (Å²) < 4.78 is 6.17. The maximum atomic E-state index is 10.3. The van der Waals surface area contributed by atoms with Gasteiger partial charge in [-0.2, -0.15) is 0 Å². The lowest BCUT2D eigenvalue weighted by Gasteiger charge is -2.40. The number of aromatic hydroxyl groups is 1. The highest BCUT2D eigenvalue weighted by molar-refractivity contribution is 5.51. The van der Waals surface area contributed by atoms with E-state index >= 15 is 0 Å². The fraction of sp³-hybridized carbons (Fsp3) is 0.667.